The van der Waals surface area contributed by atoms with Crippen LogP contribution in [-0.4, -0.2) is 45.0 Å². The second kappa shape index (κ2) is 11.2. The third-order valence-electron chi connectivity index (χ3n) is 4.86. The first kappa shape index (κ1) is 23.2. The van der Waals surface area contributed by atoms with Crippen LogP contribution in [0.2, 0.25) is 5.02 Å². The van der Waals surface area contributed by atoms with E-state index in [1.54, 1.807) is 23.9 Å². The minimum Gasteiger partial charge on any atom is -0.372 e. The molecule has 162 valence electrons. The Labute approximate surface area is 194 Å². The average Bonchev–Trinajstić information content (AvgIpc) is 2.78. The highest BCUT2D eigenvalue weighted by molar-refractivity contribution is 7.98. The van der Waals surface area contributed by atoms with E-state index in [-0.39, 0.29) is 5.91 Å². The molecule has 6 heteroatoms. The predicted octanol–water partition coefficient (Wildman–Crippen LogP) is 5.88. The molecule has 1 N–H and O–H groups in total. The third-order valence-corrected chi connectivity index (χ3v) is 6.31. The standard InChI is InChI=1S/C25H28ClN3OS/c1-28(2)16-17-29(3)23-11-7-10-22(24(23)31-18-19-8-5-4-6-9-19)25(30)27-21-14-12-20(26)13-15-21/h4-15H,16-18H2,1-3H3,(H,27,30). The Bertz CT molecular complexity index is 993. The van der Waals surface area contributed by atoms with Gasteiger partial charge in [-0.05, 0) is 56.1 Å². The zero-order valence-corrected chi connectivity index (χ0v) is 19.7. The summed E-state index contributed by atoms with van der Waals surface area (Å²) in [6, 6.07) is 23.4. The summed E-state index contributed by atoms with van der Waals surface area (Å²) in [5, 5.41) is 3.64. The number of likely N-dealkylation sites (N-methyl/N-ethyl adjacent to an activating group) is 2. The number of carbonyl (C=O) groups excluding carboxylic acids is 1. The van der Waals surface area contributed by atoms with Crippen LogP contribution in [0.25, 0.3) is 0 Å². The van der Waals surface area contributed by atoms with Crippen LogP contribution in [0.5, 0.6) is 0 Å². The van der Waals surface area contributed by atoms with Crippen molar-refractivity contribution >= 4 is 40.6 Å². The highest BCUT2D eigenvalue weighted by Crippen LogP contribution is 2.35. The summed E-state index contributed by atoms with van der Waals surface area (Å²) in [6.45, 7) is 1.80. The Morgan fingerprint density at radius 2 is 1.61 bits per heavy atom. The number of hydrogen-bond acceptors (Lipinski definition) is 4. The molecule has 3 aromatic rings. The molecule has 0 saturated heterocycles. The molecule has 0 atom stereocenters. The van der Waals surface area contributed by atoms with E-state index in [4.69, 9.17) is 11.6 Å². The average molecular weight is 454 g/mol. The van der Waals surface area contributed by atoms with Crippen molar-refractivity contribution in [1.29, 1.82) is 0 Å². The van der Waals surface area contributed by atoms with Crippen molar-refractivity contribution in [1.82, 2.24) is 4.90 Å². The maximum Gasteiger partial charge on any atom is 0.256 e. The van der Waals surface area contributed by atoms with Crippen molar-refractivity contribution in [3.63, 3.8) is 0 Å². The number of hydrogen-bond donors (Lipinski definition) is 1. The predicted molar refractivity (Wildman–Crippen MR) is 134 cm³/mol. The molecule has 0 aliphatic rings. The van der Waals surface area contributed by atoms with E-state index in [2.05, 4.69) is 54.5 Å². The lowest BCUT2D eigenvalue weighted by Gasteiger charge is -2.25. The van der Waals surface area contributed by atoms with E-state index >= 15 is 0 Å². The topological polar surface area (TPSA) is 35.6 Å². The molecule has 0 saturated carbocycles. The van der Waals surface area contributed by atoms with Gasteiger partial charge in [-0.25, -0.2) is 0 Å². The Morgan fingerprint density at radius 3 is 2.29 bits per heavy atom. The summed E-state index contributed by atoms with van der Waals surface area (Å²) in [7, 11) is 6.20. The molecule has 3 rings (SSSR count). The quantitative estimate of drug-likeness (QED) is 0.410. The zero-order chi connectivity index (χ0) is 22.2. The van der Waals surface area contributed by atoms with Crippen molar-refractivity contribution in [2.45, 2.75) is 10.6 Å². The van der Waals surface area contributed by atoms with E-state index < -0.39 is 0 Å². The molecule has 1 amide bonds. The Kier molecular flexibility index (Phi) is 8.41. The van der Waals surface area contributed by atoms with Gasteiger partial charge in [0, 0.05) is 41.5 Å². The van der Waals surface area contributed by atoms with Gasteiger partial charge in [0.1, 0.15) is 0 Å². The van der Waals surface area contributed by atoms with Crippen molar-refractivity contribution in [2.24, 2.45) is 0 Å². The number of carbonyl (C=O) groups is 1. The first-order chi connectivity index (χ1) is 14.9. The molecule has 0 heterocycles. The molecule has 0 aliphatic heterocycles. The maximum atomic E-state index is 13.2. The Balaban J connectivity index is 1.89. The molecular formula is C25H28ClN3OS. The van der Waals surface area contributed by atoms with Crippen LogP contribution in [0.4, 0.5) is 11.4 Å². The van der Waals surface area contributed by atoms with Crippen LogP contribution < -0.4 is 10.2 Å². The molecule has 31 heavy (non-hydrogen) atoms. The van der Waals surface area contributed by atoms with E-state index in [1.807, 2.05) is 42.5 Å². The van der Waals surface area contributed by atoms with Gasteiger partial charge in [-0.2, -0.15) is 0 Å². The van der Waals surface area contributed by atoms with Crippen LogP contribution in [0, 0.1) is 0 Å². The van der Waals surface area contributed by atoms with Crippen LogP contribution >= 0.6 is 23.4 Å². The Hall–Kier alpha value is -2.47. The van der Waals surface area contributed by atoms with Gasteiger partial charge in [0.15, 0.2) is 0 Å². The largest absolute Gasteiger partial charge is 0.372 e. The minimum atomic E-state index is -0.124. The number of rotatable bonds is 9. The smallest absolute Gasteiger partial charge is 0.256 e. The van der Waals surface area contributed by atoms with E-state index in [0.717, 1.165) is 35.1 Å². The molecule has 0 fully saturated rings. The van der Waals surface area contributed by atoms with Gasteiger partial charge in [-0.3, -0.25) is 4.79 Å². The molecule has 0 bridgehead atoms. The number of thioether (sulfide) groups is 1. The number of nitrogens with zero attached hydrogens (tertiary/aromatic N) is 2. The van der Waals surface area contributed by atoms with Gasteiger partial charge in [0.25, 0.3) is 5.91 Å². The van der Waals surface area contributed by atoms with Crippen molar-refractivity contribution in [3.8, 4) is 0 Å². The second-order valence-corrected chi connectivity index (χ2v) is 9.04. The summed E-state index contributed by atoms with van der Waals surface area (Å²) >= 11 is 7.67. The minimum absolute atomic E-state index is 0.124. The fourth-order valence-corrected chi connectivity index (χ4v) is 4.41. The highest BCUT2D eigenvalue weighted by Gasteiger charge is 2.18. The second-order valence-electron chi connectivity index (χ2n) is 7.61. The first-order valence-electron chi connectivity index (χ1n) is 10.2. The highest BCUT2D eigenvalue weighted by atomic mass is 35.5. The van der Waals surface area contributed by atoms with Gasteiger partial charge in [-0.15, -0.1) is 11.8 Å². The Morgan fingerprint density at radius 1 is 0.903 bits per heavy atom. The van der Waals surface area contributed by atoms with Crippen molar-refractivity contribution in [2.75, 3.05) is 44.4 Å². The summed E-state index contributed by atoms with van der Waals surface area (Å²) in [6.07, 6.45) is 0. The first-order valence-corrected chi connectivity index (χ1v) is 11.5. The fourth-order valence-electron chi connectivity index (χ4n) is 3.09. The van der Waals surface area contributed by atoms with Crippen LogP contribution in [0.1, 0.15) is 15.9 Å². The zero-order valence-electron chi connectivity index (χ0n) is 18.1. The number of anilines is 2. The number of nitrogens with one attached hydrogen (secondary N) is 1. The van der Waals surface area contributed by atoms with Gasteiger partial charge in [0.05, 0.1) is 11.3 Å². The maximum absolute atomic E-state index is 13.2. The molecule has 0 spiro atoms. The van der Waals surface area contributed by atoms with E-state index in [0.29, 0.717) is 10.6 Å². The molecule has 0 aliphatic carbocycles. The number of benzene rings is 3. The summed E-state index contributed by atoms with van der Waals surface area (Å²) in [4.78, 5) is 18.5. The number of amides is 1. The summed E-state index contributed by atoms with van der Waals surface area (Å²) in [5.41, 5.74) is 3.68. The van der Waals surface area contributed by atoms with Crippen molar-refractivity contribution in [3.05, 3.63) is 88.9 Å². The molecule has 0 aromatic heterocycles. The third kappa shape index (κ3) is 6.76. The lowest BCUT2D eigenvalue weighted by Crippen LogP contribution is -2.29. The van der Waals surface area contributed by atoms with Gasteiger partial charge in [0.2, 0.25) is 0 Å². The SMILES string of the molecule is CN(C)CCN(C)c1cccc(C(=O)Nc2ccc(Cl)cc2)c1SCc1ccccc1. The molecule has 0 unspecified atom stereocenters. The van der Waals surface area contributed by atoms with Crippen LogP contribution in [0.3, 0.4) is 0 Å². The van der Waals surface area contributed by atoms with Crippen molar-refractivity contribution < 1.29 is 4.79 Å². The number of halogens is 1. The molecule has 3 aromatic carbocycles. The van der Waals surface area contributed by atoms with E-state index in [1.165, 1.54) is 5.56 Å². The lowest BCUT2D eigenvalue weighted by atomic mass is 10.1. The normalized spacial score (nSPS) is 10.9. The monoisotopic (exact) mass is 453 g/mol. The van der Waals surface area contributed by atoms with Crippen LogP contribution in [0.15, 0.2) is 77.7 Å². The van der Waals surface area contributed by atoms with Gasteiger partial charge >= 0.3 is 0 Å². The lowest BCUT2D eigenvalue weighted by molar-refractivity contribution is 0.102. The summed E-state index contributed by atoms with van der Waals surface area (Å²) in [5.74, 6) is 0.668. The summed E-state index contributed by atoms with van der Waals surface area (Å²) < 4.78 is 0. The molecule has 4 nitrogen and oxygen atoms in total. The van der Waals surface area contributed by atoms with E-state index in [9.17, 15) is 4.79 Å². The van der Waals surface area contributed by atoms with Gasteiger partial charge in [-0.1, -0.05) is 48.0 Å². The fraction of sp³-hybridized carbons (Fsp3) is 0.240. The molecular weight excluding hydrogens is 426 g/mol. The van der Waals surface area contributed by atoms with Gasteiger partial charge < -0.3 is 15.1 Å². The van der Waals surface area contributed by atoms with Crippen LogP contribution in [-0.2, 0) is 5.75 Å². The molecule has 0 radical (unpaired) electrons.